The van der Waals surface area contributed by atoms with E-state index in [1.165, 1.54) is 31.7 Å². The van der Waals surface area contributed by atoms with Crippen LogP contribution in [-0.2, 0) is 0 Å². The van der Waals surface area contributed by atoms with E-state index in [0.717, 1.165) is 11.3 Å². The number of carbonyl (C=O) groups excluding carboxylic acids is 1. The van der Waals surface area contributed by atoms with Crippen LogP contribution < -0.4 is 14.9 Å². The summed E-state index contributed by atoms with van der Waals surface area (Å²) in [5, 5.41) is 3.84. The third-order valence-corrected chi connectivity index (χ3v) is 3.84. The number of hydrogen-bond donors (Lipinski definition) is 1. The topological polar surface area (TPSA) is 85.7 Å². The fourth-order valence-corrected chi connectivity index (χ4v) is 2.50. The van der Waals surface area contributed by atoms with Gasteiger partial charge in [-0.3, -0.25) is 9.78 Å². The van der Waals surface area contributed by atoms with Crippen molar-refractivity contribution >= 4 is 12.1 Å². The van der Waals surface area contributed by atoms with Crippen molar-refractivity contribution in [3.63, 3.8) is 0 Å². The van der Waals surface area contributed by atoms with Crippen molar-refractivity contribution in [2.24, 2.45) is 5.10 Å². The van der Waals surface area contributed by atoms with E-state index >= 15 is 0 Å². The lowest BCUT2D eigenvalue weighted by Gasteiger charge is -2.06. The van der Waals surface area contributed by atoms with Crippen LogP contribution in [0.3, 0.4) is 0 Å². The second kappa shape index (κ2) is 9.41. The van der Waals surface area contributed by atoms with Gasteiger partial charge in [-0.1, -0.05) is 0 Å². The average Bonchev–Trinajstić information content (AvgIpc) is 2.74. The lowest BCUT2D eigenvalue weighted by atomic mass is 10.1. The number of benzene rings is 2. The lowest BCUT2D eigenvalue weighted by Crippen LogP contribution is -2.19. The van der Waals surface area contributed by atoms with Gasteiger partial charge in [-0.2, -0.15) is 5.10 Å². The Morgan fingerprint density at radius 3 is 2.69 bits per heavy atom. The number of carbonyl (C=O) groups is 1. The fraction of sp³-hybridized carbons (Fsp3) is 0.143. The number of methoxy groups -OCH3 is 1. The van der Waals surface area contributed by atoms with Crippen molar-refractivity contribution in [3.05, 3.63) is 71.9 Å². The van der Waals surface area contributed by atoms with E-state index in [2.05, 4.69) is 20.5 Å². The van der Waals surface area contributed by atoms with Gasteiger partial charge in [-0.25, -0.2) is 14.8 Å². The number of aromatic nitrogens is 2. The zero-order valence-electron chi connectivity index (χ0n) is 15.9. The summed E-state index contributed by atoms with van der Waals surface area (Å²) in [4.78, 5) is 20.7. The molecule has 148 valence electrons. The number of hydrazone groups is 1. The van der Waals surface area contributed by atoms with E-state index in [1.54, 1.807) is 12.3 Å². The Labute approximate surface area is 167 Å². The summed E-state index contributed by atoms with van der Waals surface area (Å²) < 4.78 is 23.9. The van der Waals surface area contributed by atoms with Gasteiger partial charge in [0, 0.05) is 17.2 Å². The third-order valence-electron chi connectivity index (χ3n) is 3.84. The molecule has 0 bridgehead atoms. The number of nitrogens with one attached hydrogen (secondary N) is 1. The first-order valence-corrected chi connectivity index (χ1v) is 8.82. The maximum absolute atomic E-state index is 13.5. The van der Waals surface area contributed by atoms with Crippen molar-refractivity contribution in [2.75, 3.05) is 13.7 Å². The zero-order valence-corrected chi connectivity index (χ0v) is 15.9. The van der Waals surface area contributed by atoms with E-state index in [-0.39, 0.29) is 5.69 Å². The highest BCUT2D eigenvalue weighted by molar-refractivity contribution is 5.93. The van der Waals surface area contributed by atoms with Crippen LogP contribution in [-0.4, -0.2) is 35.8 Å². The van der Waals surface area contributed by atoms with E-state index in [4.69, 9.17) is 9.47 Å². The molecule has 3 rings (SSSR count). The molecule has 0 atom stereocenters. The summed E-state index contributed by atoms with van der Waals surface area (Å²) in [6, 6.07) is 11.4. The standard InChI is InChI=1S/C21H19FN4O3/c1-3-29-17-6-4-15(5-7-17)19-12-23-13-20(25-19)21(27)26-24-11-14-8-16(22)10-18(9-14)28-2/h4-13H,3H2,1-2H3,(H,26,27). The molecule has 0 aliphatic heterocycles. The van der Waals surface area contributed by atoms with E-state index in [9.17, 15) is 9.18 Å². The lowest BCUT2D eigenvalue weighted by molar-refractivity contribution is 0.0950. The molecule has 1 aromatic heterocycles. The third kappa shape index (κ3) is 5.35. The smallest absolute Gasteiger partial charge is 0.291 e. The number of amides is 1. The minimum Gasteiger partial charge on any atom is -0.497 e. The highest BCUT2D eigenvalue weighted by Crippen LogP contribution is 2.20. The second-order valence-corrected chi connectivity index (χ2v) is 5.87. The van der Waals surface area contributed by atoms with Gasteiger partial charge in [0.2, 0.25) is 0 Å². The van der Waals surface area contributed by atoms with Crippen LogP contribution in [0.15, 0.2) is 60.0 Å². The van der Waals surface area contributed by atoms with Crippen LogP contribution in [0.2, 0.25) is 0 Å². The zero-order chi connectivity index (χ0) is 20.6. The quantitative estimate of drug-likeness (QED) is 0.490. The normalized spacial score (nSPS) is 10.7. The number of rotatable bonds is 7. The Bertz CT molecular complexity index is 1020. The summed E-state index contributed by atoms with van der Waals surface area (Å²) in [5.74, 6) is 0.101. The van der Waals surface area contributed by atoms with Gasteiger partial charge in [0.25, 0.3) is 5.91 Å². The Morgan fingerprint density at radius 2 is 1.97 bits per heavy atom. The Hall–Kier alpha value is -3.81. The molecular weight excluding hydrogens is 375 g/mol. The number of ether oxygens (including phenoxy) is 2. The van der Waals surface area contributed by atoms with E-state index in [1.807, 2.05) is 31.2 Å². The summed E-state index contributed by atoms with van der Waals surface area (Å²) in [6.07, 6.45) is 4.22. The maximum atomic E-state index is 13.5. The number of hydrogen-bond acceptors (Lipinski definition) is 6. The molecule has 1 amide bonds. The van der Waals surface area contributed by atoms with Crippen LogP contribution in [0.5, 0.6) is 11.5 Å². The second-order valence-electron chi connectivity index (χ2n) is 5.87. The minimum atomic E-state index is -0.537. The number of halogens is 1. The first-order chi connectivity index (χ1) is 14.1. The molecule has 7 nitrogen and oxygen atoms in total. The predicted octanol–water partition coefficient (Wildman–Crippen LogP) is 3.45. The monoisotopic (exact) mass is 394 g/mol. The average molecular weight is 394 g/mol. The van der Waals surface area contributed by atoms with Gasteiger partial charge in [-0.05, 0) is 43.3 Å². The van der Waals surface area contributed by atoms with Crippen molar-refractivity contribution in [3.8, 4) is 22.8 Å². The molecule has 0 saturated carbocycles. The van der Waals surface area contributed by atoms with Crippen molar-refractivity contribution in [2.45, 2.75) is 6.92 Å². The molecule has 0 fully saturated rings. The SMILES string of the molecule is CCOc1ccc(-c2cncc(C(=O)NN=Cc3cc(F)cc(OC)c3)n2)cc1. The number of nitrogens with zero attached hydrogens (tertiary/aromatic N) is 3. The molecule has 0 saturated heterocycles. The molecule has 0 unspecified atom stereocenters. The van der Waals surface area contributed by atoms with Crippen LogP contribution in [0, 0.1) is 5.82 Å². The Morgan fingerprint density at radius 1 is 1.17 bits per heavy atom. The molecule has 0 aliphatic carbocycles. The molecule has 0 aliphatic rings. The van der Waals surface area contributed by atoms with E-state index < -0.39 is 11.7 Å². The van der Waals surface area contributed by atoms with Crippen LogP contribution in [0.4, 0.5) is 4.39 Å². The van der Waals surface area contributed by atoms with Crippen LogP contribution >= 0.6 is 0 Å². The van der Waals surface area contributed by atoms with Crippen molar-refractivity contribution < 1.29 is 18.7 Å². The molecule has 8 heteroatoms. The van der Waals surface area contributed by atoms with Crippen molar-refractivity contribution in [1.82, 2.24) is 15.4 Å². The molecule has 1 N–H and O–H groups in total. The molecule has 2 aromatic carbocycles. The summed E-state index contributed by atoms with van der Waals surface area (Å²) in [6.45, 7) is 2.49. The Kier molecular flexibility index (Phi) is 6.47. The summed E-state index contributed by atoms with van der Waals surface area (Å²) in [5.41, 5.74) is 4.24. The van der Waals surface area contributed by atoms with Gasteiger partial charge >= 0.3 is 0 Å². The van der Waals surface area contributed by atoms with Gasteiger partial charge in [0.15, 0.2) is 0 Å². The van der Waals surface area contributed by atoms with Gasteiger partial charge < -0.3 is 9.47 Å². The fourth-order valence-electron chi connectivity index (χ4n) is 2.50. The minimum absolute atomic E-state index is 0.102. The molecule has 0 radical (unpaired) electrons. The molecule has 1 heterocycles. The first-order valence-electron chi connectivity index (χ1n) is 8.82. The Balaban J connectivity index is 1.70. The van der Waals surface area contributed by atoms with E-state index in [0.29, 0.717) is 23.6 Å². The van der Waals surface area contributed by atoms with Crippen LogP contribution in [0.25, 0.3) is 11.3 Å². The highest BCUT2D eigenvalue weighted by Gasteiger charge is 2.09. The summed E-state index contributed by atoms with van der Waals surface area (Å²) in [7, 11) is 1.44. The largest absolute Gasteiger partial charge is 0.497 e. The molecular formula is C21H19FN4O3. The van der Waals surface area contributed by atoms with Gasteiger partial charge in [0.05, 0.1) is 38.0 Å². The molecule has 0 spiro atoms. The molecule has 3 aromatic rings. The first kappa shape index (κ1) is 19.9. The summed E-state index contributed by atoms with van der Waals surface area (Å²) >= 11 is 0. The van der Waals surface area contributed by atoms with Gasteiger partial charge in [-0.15, -0.1) is 0 Å². The van der Waals surface area contributed by atoms with Crippen LogP contribution in [0.1, 0.15) is 23.0 Å². The maximum Gasteiger partial charge on any atom is 0.291 e. The predicted molar refractivity (Wildman–Crippen MR) is 107 cm³/mol. The van der Waals surface area contributed by atoms with Crippen molar-refractivity contribution in [1.29, 1.82) is 0 Å². The molecule has 29 heavy (non-hydrogen) atoms. The van der Waals surface area contributed by atoms with Gasteiger partial charge in [0.1, 0.15) is 23.0 Å². The highest BCUT2D eigenvalue weighted by atomic mass is 19.1.